The number of hydrogen-bond donors (Lipinski definition) is 2. The standard InChI is InChI=1S/C22H24N4O7S/c1-30-12-13-33-18-7-5-4-6-17(18)21(27)23-15-8-10-16(11-9-15)34(28,29)26-19-14-20(31-2)25-22(24-19)32-3/h4-11,14H,12-13H2,1-3H3,(H,23,27)(H,24,25,26). The highest BCUT2D eigenvalue weighted by molar-refractivity contribution is 7.92. The van der Waals surface area contributed by atoms with E-state index < -0.39 is 15.9 Å². The van der Waals surface area contributed by atoms with Gasteiger partial charge in [-0.2, -0.15) is 9.97 Å². The van der Waals surface area contributed by atoms with Gasteiger partial charge in [0.2, 0.25) is 5.88 Å². The molecular formula is C22H24N4O7S. The summed E-state index contributed by atoms with van der Waals surface area (Å²) in [6, 6.07) is 13.7. The largest absolute Gasteiger partial charge is 0.490 e. The van der Waals surface area contributed by atoms with Gasteiger partial charge in [0.25, 0.3) is 15.9 Å². The van der Waals surface area contributed by atoms with Crippen molar-refractivity contribution in [2.24, 2.45) is 0 Å². The van der Waals surface area contributed by atoms with Crippen LogP contribution in [0, 0.1) is 0 Å². The minimum atomic E-state index is -3.98. The average molecular weight is 489 g/mol. The second-order valence-corrected chi connectivity index (χ2v) is 8.39. The maximum absolute atomic E-state index is 12.8. The van der Waals surface area contributed by atoms with Gasteiger partial charge in [-0.05, 0) is 36.4 Å². The molecule has 0 aliphatic heterocycles. The van der Waals surface area contributed by atoms with Crippen LogP contribution in [0.25, 0.3) is 0 Å². The molecule has 1 amide bonds. The number of benzene rings is 2. The van der Waals surface area contributed by atoms with Gasteiger partial charge in [-0.1, -0.05) is 12.1 Å². The van der Waals surface area contributed by atoms with Crippen molar-refractivity contribution in [1.29, 1.82) is 0 Å². The van der Waals surface area contributed by atoms with Gasteiger partial charge < -0.3 is 24.3 Å². The van der Waals surface area contributed by atoms with Crippen LogP contribution in [0.5, 0.6) is 17.6 Å². The van der Waals surface area contributed by atoms with E-state index in [-0.39, 0.29) is 22.6 Å². The van der Waals surface area contributed by atoms with Crippen LogP contribution in [0.1, 0.15) is 10.4 Å². The number of amides is 1. The Hall–Kier alpha value is -3.90. The maximum Gasteiger partial charge on any atom is 0.321 e. The van der Waals surface area contributed by atoms with Gasteiger partial charge in [-0.25, -0.2) is 8.42 Å². The highest BCUT2D eigenvalue weighted by Crippen LogP contribution is 2.23. The van der Waals surface area contributed by atoms with E-state index in [9.17, 15) is 13.2 Å². The monoisotopic (exact) mass is 488 g/mol. The number of sulfonamides is 1. The van der Waals surface area contributed by atoms with Gasteiger partial charge in [0.15, 0.2) is 5.82 Å². The number of nitrogens with one attached hydrogen (secondary N) is 2. The zero-order chi connectivity index (χ0) is 24.6. The molecule has 2 aromatic carbocycles. The molecule has 3 rings (SSSR count). The Kier molecular flexibility index (Phi) is 8.22. The fourth-order valence-corrected chi connectivity index (χ4v) is 3.77. The molecular weight excluding hydrogens is 464 g/mol. The highest BCUT2D eigenvalue weighted by Gasteiger charge is 2.18. The number of nitrogens with zero attached hydrogens (tertiary/aromatic N) is 2. The SMILES string of the molecule is COCCOc1ccccc1C(=O)Nc1ccc(S(=O)(=O)Nc2cc(OC)nc(OC)n2)cc1. The van der Waals surface area contributed by atoms with Crippen LogP contribution in [0.15, 0.2) is 59.5 Å². The first-order valence-corrected chi connectivity index (χ1v) is 11.5. The summed E-state index contributed by atoms with van der Waals surface area (Å²) in [5.41, 5.74) is 0.740. The van der Waals surface area contributed by atoms with Crippen molar-refractivity contribution in [2.45, 2.75) is 4.90 Å². The van der Waals surface area contributed by atoms with E-state index >= 15 is 0 Å². The summed E-state index contributed by atoms with van der Waals surface area (Å²) in [5, 5.41) is 2.73. The average Bonchev–Trinajstić information content (AvgIpc) is 2.84. The van der Waals surface area contributed by atoms with Crippen LogP contribution in [0.4, 0.5) is 11.5 Å². The molecule has 1 aromatic heterocycles. The van der Waals surface area contributed by atoms with Gasteiger partial charge in [-0.15, -0.1) is 0 Å². The predicted octanol–water partition coefficient (Wildman–Crippen LogP) is 2.57. The predicted molar refractivity (Wildman–Crippen MR) is 124 cm³/mol. The molecule has 0 aliphatic rings. The normalized spacial score (nSPS) is 10.9. The Balaban J connectivity index is 1.72. The van der Waals surface area contributed by atoms with Crippen LogP contribution < -0.4 is 24.2 Å². The number of para-hydroxylation sites is 1. The zero-order valence-electron chi connectivity index (χ0n) is 18.8. The molecule has 11 nitrogen and oxygen atoms in total. The summed E-state index contributed by atoms with van der Waals surface area (Å²) < 4.78 is 48.4. The Bertz CT molecular complexity index is 1210. The second kappa shape index (κ2) is 11.3. The van der Waals surface area contributed by atoms with E-state index in [1.807, 2.05) is 0 Å². The Labute approximate surface area is 197 Å². The number of anilines is 2. The van der Waals surface area contributed by atoms with Crippen LogP contribution >= 0.6 is 0 Å². The zero-order valence-corrected chi connectivity index (χ0v) is 19.6. The summed E-state index contributed by atoms with van der Waals surface area (Å²) in [4.78, 5) is 20.6. The minimum Gasteiger partial charge on any atom is -0.490 e. The number of carbonyl (C=O) groups excluding carboxylic acids is 1. The molecule has 34 heavy (non-hydrogen) atoms. The summed E-state index contributed by atoms with van der Waals surface area (Å²) >= 11 is 0. The van der Waals surface area contributed by atoms with Crippen molar-refractivity contribution in [1.82, 2.24) is 9.97 Å². The fourth-order valence-electron chi connectivity index (χ4n) is 2.78. The number of rotatable bonds is 11. The van der Waals surface area contributed by atoms with E-state index in [2.05, 4.69) is 20.0 Å². The topological polar surface area (TPSA) is 138 Å². The van der Waals surface area contributed by atoms with Crippen molar-refractivity contribution in [2.75, 3.05) is 44.6 Å². The van der Waals surface area contributed by atoms with Crippen molar-refractivity contribution in [3.05, 3.63) is 60.2 Å². The molecule has 0 saturated heterocycles. The summed E-state index contributed by atoms with van der Waals surface area (Å²) in [7, 11) is 0.320. The van der Waals surface area contributed by atoms with Gasteiger partial charge in [0, 0.05) is 18.9 Å². The van der Waals surface area contributed by atoms with Gasteiger partial charge in [0.05, 0.1) is 31.3 Å². The maximum atomic E-state index is 12.8. The number of ether oxygens (including phenoxy) is 4. The third-order valence-corrected chi connectivity index (χ3v) is 5.78. The molecule has 2 N–H and O–H groups in total. The number of aromatic nitrogens is 2. The van der Waals surface area contributed by atoms with Crippen LogP contribution in [0.2, 0.25) is 0 Å². The third kappa shape index (κ3) is 6.33. The molecule has 1 heterocycles. The van der Waals surface area contributed by atoms with E-state index in [0.29, 0.717) is 30.2 Å². The van der Waals surface area contributed by atoms with Crippen molar-refractivity contribution >= 4 is 27.4 Å². The lowest BCUT2D eigenvalue weighted by atomic mass is 10.2. The number of methoxy groups -OCH3 is 3. The Morgan fingerprint density at radius 1 is 0.941 bits per heavy atom. The lowest BCUT2D eigenvalue weighted by Gasteiger charge is -2.12. The van der Waals surface area contributed by atoms with Gasteiger partial charge in [0.1, 0.15) is 12.4 Å². The molecule has 0 fully saturated rings. The molecule has 0 spiro atoms. The molecule has 0 saturated carbocycles. The van der Waals surface area contributed by atoms with E-state index in [1.54, 1.807) is 31.4 Å². The third-order valence-electron chi connectivity index (χ3n) is 4.41. The first-order chi connectivity index (χ1) is 16.4. The molecule has 12 heteroatoms. The lowest BCUT2D eigenvalue weighted by Crippen LogP contribution is -2.16. The van der Waals surface area contributed by atoms with E-state index in [0.717, 1.165) is 0 Å². The van der Waals surface area contributed by atoms with Gasteiger partial charge >= 0.3 is 6.01 Å². The van der Waals surface area contributed by atoms with Gasteiger partial charge in [-0.3, -0.25) is 9.52 Å². The Morgan fingerprint density at radius 2 is 1.68 bits per heavy atom. The van der Waals surface area contributed by atoms with Crippen LogP contribution in [-0.2, 0) is 14.8 Å². The lowest BCUT2D eigenvalue weighted by molar-refractivity contribution is 0.101. The fraction of sp³-hybridized carbons (Fsp3) is 0.227. The number of carbonyl (C=O) groups is 1. The summed E-state index contributed by atoms with van der Waals surface area (Å²) in [6.45, 7) is 0.679. The molecule has 3 aromatic rings. The first kappa shape index (κ1) is 24.7. The van der Waals surface area contributed by atoms with Crippen LogP contribution in [-0.4, -0.2) is 58.8 Å². The van der Waals surface area contributed by atoms with E-state index in [1.165, 1.54) is 44.6 Å². The first-order valence-electron chi connectivity index (χ1n) is 9.98. The Morgan fingerprint density at radius 3 is 2.35 bits per heavy atom. The molecule has 0 aliphatic carbocycles. The summed E-state index contributed by atoms with van der Waals surface area (Å²) in [6.07, 6.45) is 0. The molecule has 0 radical (unpaired) electrons. The van der Waals surface area contributed by atoms with E-state index in [4.69, 9.17) is 18.9 Å². The second-order valence-electron chi connectivity index (χ2n) is 6.70. The van der Waals surface area contributed by atoms with Crippen molar-refractivity contribution < 1.29 is 32.2 Å². The molecule has 180 valence electrons. The minimum absolute atomic E-state index is 0.0221. The quantitative estimate of drug-likeness (QED) is 0.390. The molecule has 0 bridgehead atoms. The highest BCUT2D eigenvalue weighted by atomic mass is 32.2. The van der Waals surface area contributed by atoms with Crippen LogP contribution in [0.3, 0.4) is 0 Å². The van der Waals surface area contributed by atoms with Crippen molar-refractivity contribution in [3.63, 3.8) is 0 Å². The summed E-state index contributed by atoms with van der Waals surface area (Å²) in [5.74, 6) is 0.123. The van der Waals surface area contributed by atoms with Crippen molar-refractivity contribution in [3.8, 4) is 17.6 Å². The molecule has 0 unspecified atom stereocenters. The smallest absolute Gasteiger partial charge is 0.321 e. The molecule has 0 atom stereocenters. The number of hydrogen-bond acceptors (Lipinski definition) is 9.